The van der Waals surface area contributed by atoms with Gasteiger partial charge in [-0.15, -0.1) is 6.58 Å². The molecule has 0 radical (unpaired) electrons. The lowest BCUT2D eigenvalue weighted by atomic mass is 9.35. The molecule has 184 valence electrons. The van der Waals surface area contributed by atoms with E-state index in [2.05, 4.69) is 53.6 Å². The molecule has 0 bridgehead atoms. The molecular weight excluding hydrogens is 431 g/mol. The molecule has 1 saturated heterocycles. The van der Waals surface area contributed by atoms with Gasteiger partial charge >= 0.3 is 0 Å². The van der Waals surface area contributed by atoms with E-state index in [-0.39, 0.29) is 25.2 Å². The molecule has 2 aromatic carbocycles. The number of para-hydroxylation sites is 1. The van der Waals surface area contributed by atoms with Crippen LogP contribution < -0.4 is 10.6 Å². The average Bonchev–Trinajstić information content (AvgIpc) is 2.92. The standard InChI is InChI=1S/C29H39BN4O/c1-24(25-11-5-2-6-12-25)30(26-13-7-3-8-14-26)23-32-22-29(35)34-20-19-31-21-28(34)17-18-33-27-15-9-4-10-16-27/h2,4-6,9-12,15-16,23,26,28,31,33H,1,3,7-8,13-14,17-22H2. The summed E-state index contributed by atoms with van der Waals surface area (Å²) in [7, 11) is 0. The summed E-state index contributed by atoms with van der Waals surface area (Å²) in [6.45, 7) is 8.12. The van der Waals surface area contributed by atoms with Crippen molar-refractivity contribution in [3.63, 3.8) is 0 Å². The molecule has 0 spiro atoms. The van der Waals surface area contributed by atoms with Crippen molar-refractivity contribution in [1.29, 1.82) is 0 Å². The second kappa shape index (κ2) is 13.3. The Morgan fingerprint density at radius 2 is 1.80 bits per heavy atom. The van der Waals surface area contributed by atoms with Crippen molar-refractivity contribution in [1.82, 2.24) is 10.2 Å². The van der Waals surface area contributed by atoms with Crippen LogP contribution in [0.1, 0.15) is 44.1 Å². The van der Waals surface area contributed by atoms with Gasteiger partial charge in [-0.1, -0.05) is 91.9 Å². The third kappa shape index (κ3) is 7.31. The van der Waals surface area contributed by atoms with E-state index in [1.165, 1.54) is 37.7 Å². The van der Waals surface area contributed by atoms with E-state index in [1.807, 2.05) is 35.3 Å². The summed E-state index contributed by atoms with van der Waals surface area (Å²) in [4.78, 5) is 19.9. The Morgan fingerprint density at radius 3 is 2.54 bits per heavy atom. The summed E-state index contributed by atoms with van der Waals surface area (Å²) in [5.41, 5.74) is 3.42. The highest BCUT2D eigenvalue weighted by Gasteiger charge is 2.30. The molecule has 2 aliphatic rings. The van der Waals surface area contributed by atoms with E-state index < -0.39 is 0 Å². The van der Waals surface area contributed by atoms with Crippen molar-refractivity contribution in [2.75, 3.05) is 38.0 Å². The van der Waals surface area contributed by atoms with Gasteiger partial charge < -0.3 is 15.5 Å². The summed E-state index contributed by atoms with van der Waals surface area (Å²) in [6.07, 6.45) is 9.24. The fourth-order valence-corrected chi connectivity index (χ4v) is 5.46. The molecule has 1 aliphatic carbocycles. The van der Waals surface area contributed by atoms with E-state index in [4.69, 9.17) is 4.99 Å². The molecule has 1 atom stereocenters. The number of hydrogen-bond acceptors (Lipinski definition) is 4. The number of aliphatic imine (C=N–C) groups is 1. The van der Waals surface area contributed by atoms with Gasteiger partial charge in [-0.25, -0.2) is 0 Å². The molecule has 0 aromatic heterocycles. The molecule has 35 heavy (non-hydrogen) atoms. The normalized spacial score (nSPS) is 19.0. The zero-order valence-electron chi connectivity index (χ0n) is 20.9. The SMILES string of the molecule is C=C(B(C=NCC(=O)N1CCNCC1CCNc1ccccc1)C1CCCCC1)c1ccccc1. The Morgan fingerprint density at radius 1 is 1.09 bits per heavy atom. The highest BCUT2D eigenvalue weighted by Crippen LogP contribution is 2.35. The van der Waals surface area contributed by atoms with Crippen molar-refractivity contribution >= 4 is 29.9 Å². The molecule has 2 fully saturated rings. The van der Waals surface area contributed by atoms with Crippen molar-refractivity contribution in [3.05, 3.63) is 72.8 Å². The van der Waals surface area contributed by atoms with Crippen LogP contribution in [0, 0.1) is 0 Å². The summed E-state index contributed by atoms with van der Waals surface area (Å²) < 4.78 is 0. The Kier molecular flexibility index (Phi) is 9.59. The first-order valence-electron chi connectivity index (χ1n) is 13.3. The third-order valence-corrected chi connectivity index (χ3v) is 7.45. The second-order valence-electron chi connectivity index (χ2n) is 9.83. The predicted molar refractivity (Wildman–Crippen MR) is 149 cm³/mol. The Hall–Kier alpha value is -2.86. The molecule has 5 nitrogen and oxygen atoms in total. The smallest absolute Gasteiger partial charge is 0.244 e. The molecule has 1 aliphatic heterocycles. The predicted octanol–water partition coefficient (Wildman–Crippen LogP) is 4.98. The van der Waals surface area contributed by atoms with E-state index in [1.54, 1.807) is 0 Å². The third-order valence-electron chi connectivity index (χ3n) is 7.45. The highest BCUT2D eigenvalue weighted by atomic mass is 16.2. The average molecular weight is 470 g/mol. The first-order valence-corrected chi connectivity index (χ1v) is 13.3. The van der Waals surface area contributed by atoms with Gasteiger partial charge in [0.25, 0.3) is 0 Å². The molecule has 1 heterocycles. The van der Waals surface area contributed by atoms with E-state index >= 15 is 0 Å². The van der Waals surface area contributed by atoms with Crippen molar-refractivity contribution in [3.8, 4) is 0 Å². The minimum Gasteiger partial charge on any atom is -0.385 e. The summed E-state index contributed by atoms with van der Waals surface area (Å²) in [6, 6.07) is 20.9. The summed E-state index contributed by atoms with van der Waals surface area (Å²) in [5, 5.41) is 6.92. The van der Waals surface area contributed by atoms with Crippen molar-refractivity contribution in [2.24, 2.45) is 4.99 Å². The maximum Gasteiger partial charge on any atom is 0.244 e. The number of anilines is 1. The fourth-order valence-electron chi connectivity index (χ4n) is 5.46. The Bertz CT molecular complexity index is 959. The number of piperazine rings is 1. The highest BCUT2D eigenvalue weighted by molar-refractivity contribution is 7.00. The molecule has 1 amide bonds. The number of hydrogen-bond donors (Lipinski definition) is 2. The van der Waals surface area contributed by atoms with Crippen molar-refractivity contribution in [2.45, 2.75) is 50.4 Å². The second-order valence-corrected chi connectivity index (χ2v) is 9.83. The lowest BCUT2D eigenvalue weighted by molar-refractivity contribution is -0.132. The van der Waals surface area contributed by atoms with Gasteiger partial charge in [-0.05, 0) is 30.2 Å². The van der Waals surface area contributed by atoms with E-state index in [9.17, 15) is 4.79 Å². The van der Waals surface area contributed by atoms with Gasteiger partial charge in [0.15, 0.2) is 0 Å². The minimum absolute atomic E-state index is 0.125. The van der Waals surface area contributed by atoms with Crippen LogP contribution in [0.25, 0.3) is 5.47 Å². The zero-order valence-corrected chi connectivity index (χ0v) is 20.9. The van der Waals surface area contributed by atoms with Gasteiger partial charge in [0.05, 0.1) is 0 Å². The van der Waals surface area contributed by atoms with Gasteiger partial charge in [0.1, 0.15) is 6.54 Å². The van der Waals surface area contributed by atoms with E-state index in [0.29, 0.717) is 5.82 Å². The monoisotopic (exact) mass is 470 g/mol. The minimum atomic E-state index is 0.125. The quantitative estimate of drug-likeness (QED) is 0.380. The summed E-state index contributed by atoms with van der Waals surface area (Å²) in [5.74, 6) is 0.687. The molecule has 1 saturated carbocycles. The number of benzene rings is 2. The molecule has 6 heteroatoms. The van der Waals surface area contributed by atoms with Crippen LogP contribution in [-0.4, -0.2) is 62.4 Å². The lowest BCUT2D eigenvalue weighted by Gasteiger charge is -2.36. The van der Waals surface area contributed by atoms with Gasteiger partial charge in [-0.3, -0.25) is 9.79 Å². The Balaban J connectivity index is 1.35. The molecular formula is C29H39BN4O. The van der Waals surface area contributed by atoms with Gasteiger partial charge in [-0.2, -0.15) is 0 Å². The van der Waals surface area contributed by atoms with Crippen LogP contribution in [0.15, 0.2) is 72.2 Å². The van der Waals surface area contributed by atoms with Crippen LogP contribution >= 0.6 is 0 Å². The van der Waals surface area contributed by atoms with Gasteiger partial charge in [0, 0.05) is 37.9 Å². The van der Waals surface area contributed by atoms with Crippen LogP contribution in [0.4, 0.5) is 5.69 Å². The number of rotatable bonds is 10. The maximum absolute atomic E-state index is 13.2. The zero-order chi connectivity index (χ0) is 24.3. The number of carbonyl (C=O) groups is 1. The lowest BCUT2D eigenvalue weighted by Crippen LogP contribution is -2.54. The number of nitrogens with one attached hydrogen (secondary N) is 2. The van der Waals surface area contributed by atoms with Crippen LogP contribution in [-0.2, 0) is 4.79 Å². The maximum atomic E-state index is 13.2. The van der Waals surface area contributed by atoms with Crippen LogP contribution in [0.5, 0.6) is 0 Å². The number of carbonyl (C=O) groups excluding carboxylic acids is 1. The molecule has 2 aromatic rings. The topological polar surface area (TPSA) is 56.7 Å². The van der Waals surface area contributed by atoms with Crippen molar-refractivity contribution < 1.29 is 4.79 Å². The van der Waals surface area contributed by atoms with Crippen LogP contribution in [0.2, 0.25) is 5.82 Å². The first kappa shape index (κ1) is 25.2. The molecule has 4 rings (SSSR count). The fraction of sp³-hybridized carbons (Fsp3) is 0.448. The number of amides is 1. The summed E-state index contributed by atoms with van der Waals surface area (Å²) >= 11 is 0. The molecule has 1 unspecified atom stereocenters. The van der Waals surface area contributed by atoms with Crippen LogP contribution in [0.3, 0.4) is 0 Å². The van der Waals surface area contributed by atoms with E-state index in [0.717, 1.165) is 43.8 Å². The Labute approximate surface area is 211 Å². The number of nitrogens with zero attached hydrogens (tertiary/aromatic N) is 2. The molecule has 2 N–H and O–H groups in total. The largest absolute Gasteiger partial charge is 0.385 e. The first-order chi connectivity index (χ1) is 17.2. The van der Waals surface area contributed by atoms with Gasteiger partial charge in [0.2, 0.25) is 12.6 Å².